The summed E-state index contributed by atoms with van der Waals surface area (Å²) in [6.45, 7) is 2.90. The lowest BCUT2D eigenvalue weighted by Crippen LogP contribution is -2.35. The van der Waals surface area contributed by atoms with Crippen molar-refractivity contribution in [1.29, 1.82) is 0 Å². The SMILES string of the molecule is CC(O)c1csc(CC2CCCCN2)n1. The maximum atomic E-state index is 9.37. The highest BCUT2D eigenvalue weighted by Crippen LogP contribution is 2.19. The summed E-state index contributed by atoms with van der Waals surface area (Å²) >= 11 is 1.66. The predicted octanol–water partition coefficient (Wildman–Crippen LogP) is 1.88. The van der Waals surface area contributed by atoms with E-state index < -0.39 is 6.10 Å². The first-order valence-corrected chi connectivity index (χ1v) is 6.49. The van der Waals surface area contributed by atoms with E-state index in [-0.39, 0.29) is 0 Å². The van der Waals surface area contributed by atoms with Crippen molar-refractivity contribution in [1.82, 2.24) is 10.3 Å². The van der Waals surface area contributed by atoms with E-state index in [0.29, 0.717) is 6.04 Å². The Labute approximate surface area is 94.5 Å². The van der Waals surface area contributed by atoms with Crippen molar-refractivity contribution in [3.63, 3.8) is 0 Å². The Balaban J connectivity index is 1.91. The van der Waals surface area contributed by atoms with E-state index in [1.807, 2.05) is 5.38 Å². The van der Waals surface area contributed by atoms with Gasteiger partial charge in [-0.1, -0.05) is 6.42 Å². The zero-order valence-corrected chi connectivity index (χ0v) is 9.89. The van der Waals surface area contributed by atoms with Gasteiger partial charge in [-0.25, -0.2) is 4.98 Å². The van der Waals surface area contributed by atoms with E-state index in [1.54, 1.807) is 18.3 Å². The fourth-order valence-electron chi connectivity index (χ4n) is 1.92. The van der Waals surface area contributed by atoms with E-state index in [9.17, 15) is 5.11 Å². The van der Waals surface area contributed by atoms with Gasteiger partial charge in [-0.3, -0.25) is 0 Å². The van der Waals surface area contributed by atoms with Crippen molar-refractivity contribution in [3.05, 3.63) is 16.1 Å². The third kappa shape index (κ3) is 3.00. The minimum atomic E-state index is -0.436. The van der Waals surface area contributed by atoms with Crippen molar-refractivity contribution in [2.75, 3.05) is 6.54 Å². The molecule has 0 bridgehead atoms. The highest BCUT2D eigenvalue weighted by Gasteiger charge is 2.15. The van der Waals surface area contributed by atoms with Crippen LogP contribution in [-0.4, -0.2) is 22.7 Å². The van der Waals surface area contributed by atoms with Gasteiger partial charge in [0.15, 0.2) is 0 Å². The number of nitrogens with zero attached hydrogens (tertiary/aromatic N) is 1. The van der Waals surface area contributed by atoms with Gasteiger partial charge in [0, 0.05) is 17.8 Å². The summed E-state index contributed by atoms with van der Waals surface area (Å²) in [5.74, 6) is 0. The van der Waals surface area contributed by atoms with Crippen molar-refractivity contribution in [2.24, 2.45) is 0 Å². The Kier molecular flexibility index (Phi) is 3.72. The second-order valence-corrected chi connectivity index (χ2v) is 5.14. The van der Waals surface area contributed by atoms with Crippen LogP contribution < -0.4 is 5.32 Å². The van der Waals surface area contributed by atoms with Crippen LogP contribution in [0.1, 0.15) is 43.0 Å². The van der Waals surface area contributed by atoms with Crippen LogP contribution in [-0.2, 0) is 6.42 Å². The molecule has 3 nitrogen and oxygen atoms in total. The lowest BCUT2D eigenvalue weighted by Gasteiger charge is -2.22. The summed E-state index contributed by atoms with van der Waals surface area (Å²) in [6.07, 6.45) is 4.45. The smallest absolute Gasteiger partial charge is 0.0944 e. The summed E-state index contributed by atoms with van der Waals surface area (Å²) in [5, 5.41) is 16.0. The number of hydrogen-bond donors (Lipinski definition) is 2. The average molecular weight is 226 g/mol. The van der Waals surface area contributed by atoms with Crippen LogP contribution in [0.25, 0.3) is 0 Å². The maximum absolute atomic E-state index is 9.37. The zero-order valence-electron chi connectivity index (χ0n) is 9.07. The Morgan fingerprint density at radius 3 is 3.13 bits per heavy atom. The lowest BCUT2D eigenvalue weighted by molar-refractivity contribution is 0.195. The number of nitrogens with one attached hydrogen (secondary N) is 1. The Hall–Kier alpha value is -0.450. The van der Waals surface area contributed by atoms with Gasteiger partial charge in [0.25, 0.3) is 0 Å². The second kappa shape index (κ2) is 5.05. The highest BCUT2D eigenvalue weighted by atomic mass is 32.1. The molecule has 0 aromatic carbocycles. The Morgan fingerprint density at radius 2 is 2.53 bits per heavy atom. The molecule has 1 saturated heterocycles. The number of piperidine rings is 1. The molecule has 2 rings (SSSR count). The summed E-state index contributed by atoms with van der Waals surface area (Å²) in [4.78, 5) is 4.43. The first kappa shape index (κ1) is 11.0. The second-order valence-electron chi connectivity index (χ2n) is 4.19. The molecule has 0 aliphatic carbocycles. The van der Waals surface area contributed by atoms with E-state index in [0.717, 1.165) is 23.7 Å². The molecule has 2 N–H and O–H groups in total. The number of rotatable bonds is 3. The van der Waals surface area contributed by atoms with Crippen LogP contribution in [0.4, 0.5) is 0 Å². The molecular formula is C11H18N2OS. The Bertz CT molecular complexity index is 305. The molecule has 1 aromatic rings. The molecule has 1 aromatic heterocycles. The Morgan fingerprint density at radius 1 is 1.67 bits per heavy atom. The van der Waals surface area contributed by atoms with E-state index in [1.165, 1.54) is 19.3 Å². The monoisotopic (exact) mass is 226 g/mol. The number of aromatic nitrogens is 1. The molecule has 1 aliphatic heterocycles. The molecule has 2 unspecified atom stereocenters. The van der Waals surface area contributed by atoms with Crippen LogP contribution >= 0.6 is 11.3 Å². The average Bonchev–Trinajstić information content (AvgIpc) is 2.68. The van der Waals surface area contributed by atoms with Gasteiger partial charge in [0.2, 0.25) is 0 Å². The minimum absolute atomic E-state index is 0.436. The third-order valence-electron chi connectivity index (χ3n) is 2.83. The lowest BCUT2D eigenvalue weighted by atomic mass is 10.0. The molecule has 4 heteroatoms. The van der Waals surface area contributed by atoms with Crippen molar-refractivity contribution in [2.45, 2.75) is 44.8 Å². The van der Waals surface area contributed by atoms with Crippen LogP contribution in [0.5, 0.6) is 0 Å². The minimum Gasteiger partial charge on any atom is -0.387 e. The quantitative estimate of drug-likeness (QED) is 0.827. The van der Waals surface area contributed by atoms with Crippen LogP contribution in [0.2, 0.25) is 0 Å². The molecule has 15 heavy (non-hydrogen) atoms. The standard InChI is InChI=1S/C11H18N2OS/c1-8(14)10-7-15-11(13-10)6-9-4-2-3-5-12-9/h7-9,12,14H,2-6H2,1H3. The van der Waals surface area contributed by atoms with Gasteiger partial charge in [-0.05, 0) is 26.3 Å². The highest BCUT2D eigenvalue weighted by molar-refractivity contribution is 7.09. The van der Waals surface area contributed by atoms with Crippen LogP contribution in [0.15, 0.2) is 5.38 Å². The van der Waals surface area contributed by atoms with E-state index in [2.05, 4.69) is 10.3 Å². The van der Waals surface area contributed by atoms with Crippen LogP contribution in [0, 0.1) is 0 Å². The normalized spacial score (nSPS) is 24.0. The molecule has 0 saturated carbocycles. The topological polar surface area (TPSA) is 45.1 Å². The molecule has 0 amide bonds. The molecule has 2 heterocycles. The van der Waals surface area contributed by atoms with Crippen molar-refractivity contribution < 1.29 is 5.11 Å². The summed E-state index contributed by atoms with van der Waals surface area (Å²) < 4.78 is 0. The third-order valence-corrected chi connectivity index (χ3v) is 3.72. The predicted molar refractivity (Wildman–Crippen MR) is 62.1 cm³/mol. The van der Waals surface area contributed by atoms with Gasteiger partial charge >= 0.3 is 0 Å². The fraction of sp³-hybridized carbons (Fsp3) is 0.727. The first-order valence-electron chi connectivity index (χ1n) is 5.61. The number of thiazole rings is 1. The molecule has 2 atom stereocenters. The van der Waals surface area contributed by atoms with Crippen molar-refractivity contribution >= 4 is 11.3 Å². The molecular weight excluding hydrogens is 208 g/mol. The molecule has 0 radical (unpaired) electrons. The van der Waals surface area contributed by atoms with Crippen LogP contribution in [0.3, 0.4) is 0 Å². The van der Waals surface area contributed by atoms with E-state index >= 15 is 0 Å². The summed E-state index contributed by atoms with van der Waals surface area (Å²) in [7, 11) is 0. The van der Waals surface area contributed by atoms with Gasteiger partial charge in [0.1, 0.15) is 0 Å². The van der Waals surface area contributed by atoms with E-state index in [4.69, 9.17) is 0 Å². The molecule has 1 fully saturated rings. The van der Waals surface area contributed by atoms with Gasteiger partial charge in [-0.2, -0.15) is 0 Å². The fourth-order valence-corrected chi connectivity index (χ4v) is 2.88. The molecule has 84 valence electrons. The summed E-state index contributed by atoms with van der Waals surface area (Å²) in [5.41, 5.74) is 0.811. The zero-order chi connectivity index (χ0) is 10.7. The number of hydrogen-bond acceptors (Lipinski definition) is 4. The molecule has 1 aliphatic rings. The first-order chi connectivity index (χ1) is 7.25. The largest absolute Gasteiger partial charge is 0.387 e. The van der Waals surface area contributed by atoms with Gasteiger partial charge in [-0.15, -0.1) is 11.3 Å². The number of aliphatic hydroxyl groups is 1. The van der Waals surface area contributed by atoms with Gasteiger partial charge < -0.3 is 10.4 Å². The molecule has 0 spiro atoms. The van der Waals surface area contributed by atoms with Gasteiger partial charge in [0.05, 0.1) is 16.8 Å². The van der Waals surface area contributed by atoms with Crippen molar-refractivity contribution in [3.8, 4) is 0 Å². The maximum Gasteiger partial charge on any atom is 0.0944 e. The summed E-state index contributed by atoms with van der Waals surface area (Å²) in [6, 6.07) is 0.590. The number of aliphatic hydroxyl groups excluding tert-OH is 1.